The van der Waals surface area contributed by atoms with Gasteiger partial charge in [-0.05, 0) is 36.8 Å². The minimum Gasteiger partial charge on any atom is -0.463 e. The van der Waals surface area contributed by atoms with Crippen LogP contribution < -0.4 is 0 Å². The van der Waals surface area contributed by atoms with Crippen LogP contribution in [0.3, 0.4) is 0 Å². The average molecular weight is 413 g/mol. The number of amides is 2. The Labute approximate surface area is 173 Å². The zero-order chi connectivity index (χ0) is 20.4. The van der Waals surface area contributed by atoms with Crippen molar-refractivity contribution in [1.29, 1.82) is 0 Å². The topological polar surface area (TPSA) is 71.6 Å². The molecule has 8 heteroatoms. The SMILES string of the molecule is CC(=O)N1CCCN(C(=O)c2cc(-c3ccco3)n(-c3cccc(Cl)c3)n2)CC1. The number of carbonyl (C=O) groups is 2. The Kier molecular flexibility index (Phi) is 5.40. The number of aromatic nitrogens is 2. The van der Waals surface area contributed by atoms with E-state index in [9.17, 15) is 9.59 Å². The van der Waals surface area contributed by atoms with Gasteiger partial charge in [0, 0.05) is 44.2 Å². The van der Waals surface area contributed by atoms with Gasteiger partial charge in [0.1, 0.15) is 5.69 Å². The molecule has 1 fully saturated rings. The van der Waals surface area contributed by atoms with Crippen LogP contribution in [-0.4, -0.2) is 57.6 Å². The minimum atomic E-state index is -0.163. The van der Waals surface area contributed by atoms with Crippen LogP contribution in [0.15, 0.2) is 53.1 Å². The summed E-state index contributed by atoms with van der Waals surface area (Å²) in [4.78, 5) is 28.3. The van der Waals surface area contributed by atoms with E-state index in [1.165, 1.54) is 0 Å². The smallest absolute Gasteiger partial charge is 0.274 e. The van der Waals surface area contributed by atoms with Crippen molar-refractivity contribution in [3.05, 3.63) is 59.4 Å². The van der Waals surface area contributed by atoms with E-state index < -0.39 is 0 Å². The molecule has 0 N–H and O–H groups in total. The van der Waals surface area contributed by atoms with Crippen LogP contribution in [-0.2, 0) is 4.79 Å². The van der Waals surface area contributed by atoms with Crippen molar-refractivity contribution in [2.24, 2.45) is 0 Å². The van der Waals surface area contributed by atoms with Crippen LogP contribution in [0.1, 0.15) is 23.8 Å². The molecule has 1 aliphatic rings. The molecule has 0 aliphatic carbocycles. The highest BCUT2D eigenvalue weighted by Crippen LogP contribution is 2.26. The van der Waals surface area contributed by atoms with Crippen molar-refractivity contribution >= 4 is 23.4 Å². The molecule has 3 aromatic rings. The molecule has 4 rings (SSSR count). The summed E-state index contributed by atoms with van der Waals surface area (Å²) in [5, 5.41) is 5.14. The van der Waals surface area contributed by atoms with Gasteiger partial charge in [-0.15, -0.1) is 0 Å². The summed E-state index contributed by atoms with van der Waals surface area (Å²) in [7, 11) is 0. The molecule has 0 spiro atoms. The number of rotatable bonds is 3. The summed E-state index contributed by atoms with van der Waals surface area (Å²) < 4.78 is 7.21. The van der Waals surface area contributed by atoms with Gasteiger partial charge in [0.2, 0.25) is 5.91 Å². The number of furan rings is 1. The second-order valence-electron chi connectivity index (χ2n) is 6.94. The molecule has 29 heavy (non-hydrogen) atoms. The molecule has 3 heterocycles. The van der Waals surface area contributed by atoms with Gasteiger partial charge < -0.3 is 14.2 Å². The van der Waals surface area contributed by atoms with Crippen molar-refractivity contribution in [3.8, 4) is 17.1 Å². The van der Waals surface area contributed by atoms with Crippen LogP contribution >= 0.6 is 11.6 Å². The maximum absolute atomic E-state index is 13.2. The summed E-state index contributed by atoms with van der Waals surface area (Å²) in [5.74, 6) is 0.476. The number of benzene rings is 1. The van der Waals surface area contributed by atoms with Crippen molar-refractivity contribution in [2.45, 2.75) is 13.3 Å². The lowest BCUT2D eigenvalue weighted by Crippen LogP contribution is -2.36. The third-order valence-electron chi connectivity index (χ3n) is 4.98. The zero-order valence-corrected chi connectivity index (χ0v) is 16.8. The van der Waals surface area contributed by atoms with Crippen molar-refractivity contribution < 1.29 is 14.0 Å². The quantitative estimate of drug-likeness (QED) is 0.660. The molecule has 2 amide bonds. The summed E-state index contributed by atoms with van der Waals surface area (Å²) in [6, 6.07) is 12.6. The Morgan fingerprint density at radius 2 is 1.83 bits per heavy atom. The molecule has 150 valence electrons. The first-order chi connectivity index (χ1) is 14.0. The van der Waals surface area contributed by atoms with E-state index >= 15 is 0 Å². The third kappa shape index (κ3) is 4.05. The van der Waals surface area contributed by atoms with Gasteiger partial charge in [-0.25, -0.2) is 4.68 Å². The van der Waals surface area contributed by atoms with E-state index in [1.54, 1.807) is 51.9 Å². The van der Waals surface area contributed by atoms with Crippen LogP contribution in [0.4, 0.5) is 0 Å². The lowest BCUT2D eigenvalue weighted by Gasteiger charge is -2.20. The van der Waals surface area contributed by atoms with Gasteiger partial charge in [-0.1, -0.05) is 17.7 Å². The lowest BCUT2D eigenvalue weighted by molar-refractivity contribution is -0.128. The third-order valence-corrected chi connectivity index (χ3v) is 5.22. The molecule has 0 bridgehead atoms. The summed E-state index contributed by atoms with van der Waals surface area (Å²) in [6.07, 6.45) is 2.32. The molecular weight excluding hydrogens is 392 g/mol. The van der Waals surface area contributed by atoms with Crippen molar-refractivity contribution in [3.63, 3.8) is 0 Å². The normalized spacial score (nSPS) is 14.7. The fraction of sp³-hybridized carbons (Fsp3) is 0.286. The Morgan fingerprint density at radius 1 is 1.03 bits per heavy atom. The van der Waals surface area contributed by atoms with Gasteiger partial charge in [-0.3, -0.25) is 9.59 Å². The van der Waals surface area contributed by atoms with Crippen LogP contribution in [0, 0.1) is 0 Å². The Bertz CT molecular complexity index is 1030. The van der Waals surface area contributed by atoms with Crippen LogP contribution in [0.5, 0.6) is 0 Å². The maximum Gasteiger partial charge on any atom is 0.274 e. The minimum absolute atomic E-state index is 0.0321. The number of hydrogen-bond acceptors (Lipinski definition) is 4. The van der Waals surface area contributed by atoms with Gasteiger partial charge in [-0.2, -0.15) is 5.10 Å². The highest BCUT2D eigenvalue weighted by Gasteiger charge is 2.25. The highest BCUT2D eigenvalue weighted by atomic mass is 35.5. The number of carbonyl (C=O) groups excluding carboxylic acids is 2. The molecule has 0 radical (unpaired) electrons. The van der Waals surface area contributed by atoms with E-state index in [0.29, 0.717) is 48.3 Å². The van der Waals surface area contributed by atoms with E-state index in [0.717, 1.165) is 12.1 Å². The van der Waals surface area contributed by atoms with Crippen molar-refractivity contribution in [1.82, 2.24) is 19.6 Å². The zero-order valence-electron chi connectivity index (χ0n) is 16.0. The van der Waals surface area contributed by atoms with E-state index in [2.05, 4.69) is 5.10 Å². The fourth-order valence-corrected chi connectivity index (χ4v) is 3.67. The first-order valence-electron chi connectivity index (χ1n) is 9.47. The second-order valence-corrected chi connectivity index (χ2v) is 7.37. The first-order valence-corrected chi connectivity index (χ1v) is 9.85. The molecule has 0 unspecified atom stereocenters. The van der Waals surface area contributed by atoms with E-state index in [1.807, 2.05) is 18.2 Å². The van der Waals surface area contributed by atoms with Crippen molar-refractivity contribution in [2.75, 3.05) is 26.2 Å². The first kappa shape index (κ1) is 19.3. The highest BCUT2D eigenvalue weighted by molar-refractivity contribution is 6.30. The molecule has 7 nitrogen and oxygen atoms in total. The molecule has 0 atom stereocenters. The largest absolute Gasteiger partial charge is 0.463 e. The Balaban J connectivity index is 1.67. The van der Waals surface area contributed by atoms with Gasteiger partial charge in [0.25, 0.3) is 5.91 Å². The number of halogens is 1. The summed E-state index contributed by atoms with van der Waals surface area (Å²) in [5.41, 5.74) is 1.73. The predicted molar refractivity (Wildman–Crippen MR) is 109 cm³/mol. The predicted octanol–water partition coefficient (Wildman–Crippen LogP) is 3.48. The summed E-state index contributed by atoms with van der Waals surface area (Å²) in [6.45, 7) is 3.82. The van der Waals surface area contributed by atoms with Crippen LogP contribution in [0.2, 0.25) is 5.02 Å². The standard InChI is InChI=1S/C21H21ClN4O3/c1-15(27)24-8-4-9-25(11-10-24)21(28)18-14-19(20-7-3-12-29-20)26(23-18)17-6-2-5-16(22)13-17/h2-3,5-7,12-14H,4,8-11H2,1H3. The number of hydrogen-bond donors (Lipinski definition) is 0. The van der Waals surface area contributed by atoms with Gasteiger partial charge in [0.15, 0.2) is 11.5 Å². The van der Waals surface area contributed by atoms with E-state index in [4.69, 9.17) is 16.0 Å². The van der Waals surface area contributed by atoms with Gasteiger partial charge >= 0.3 is 0 Å². The average Bonchev–Trinajstić information content (AvgIpc) is 3.31. The van der Waals surface area contributed by atoms with Crippen LogP contribution in [0.25, 0.3) is 17.1 Å². The second kappa shape index (κ2) is 8.13. The molecular formula is C21H21ClN4O3. The Hall–Kier alpha value is -3.06. The van der Waals surface area contributed by atoms with Gasteiger partial charge in [0.05, 0.1) is 12.0 Å². The maximum atomic E-state index is 13.2. The number of nitrogens with zero attached hydrogens (tertiary/aromatic N) is 4. The Morgan fingerprint density at radius 3 is 2.55 bits per heavy atom. The lowest BCUT2D eigenvalue weighted by atomic mass is 10.2. The molecule has 1 saturated heterocycles. The monoisotopic (exact) mass is 412 g/mol. The molecule has 0 saturated carbocycles. The fourth-order valence-electron chi connectivity index (χ4n) is 3.49. The molecule has 2 aromatic heterocycles. The van der Waals surface area contributed by atoms with E-state index in [-0.39, 0.29) is 11.8 Å². The molecule has 1 aromatic carbocycles. The molecule has 1 aliphatic heterocycles. The summed E-state index contributed by atoms with van der Waals surface area (Å²) >= 11 is 6.15.